The molecule has 1 aromatic heterocycles. The van der Waals surface area contributed by atoms with Gasteiger partial charge < -0.3 is 10.2 Å². The summed E-state index contributed by atoms with van der Waals surface area (Å²) >= 11 is 1.94. The Morgan fingerprint density at radius 2 is 1.54 bits per heavy atom. The van der Waals surface area contributed by atoms with Gasteiger partial charge >= 0.3 is 0 Å². The molecule has 3 aromatic rings. The van der Waals surface area contributed by atoms with Crippen molar-refractivity contribution in [3.8, 4) is 0 Å². The Bertz CT molecular complexity index is 2320. The molecule has 0 atom stereocenters. The van der Waals surface area contributed by atoms with Crippen LogP contribution < -0.4 is 15.7 Å². The smallest absolute Gasteiger partial charge is 0.186 e. The molecule has 0 spiro atoms. The summed E-state index contributed by atoms with van der Waals surface area (Å²) in [7, 11) is 2.39. The Labute approximate surface area is 417 Å². The summed E-state index contributed by atoms with van der Waals surface area (Å²) in [6.45, 7) is 49.0. The fraction of sp³-hybridized carbons (Fsp3) is 0.556. The molecule has 0 fully saturated rings. The molecular formula is C63H94BN2S. The third-order valence-corrected chi connectivity index (χ3v) is 15.5. The molecule has 4 rings (SSSR count). The third-order valence-electron chi connectivity index (χ3n) is 14.4. The van der Waals surface area contributed by atoms with E-state index in [0.717, 1.165) is 49.2 Å². The molecule has 1 aliphatic rings. The molecule has 0 saturated carbocycles. The predicted octanol–water partition coefficient (Wildman–Crippen LogP) is 19.5. The minimum atomic E-state index is 0.0454. The van der Waals surface area contributed by atoms with Gasteiger partial charge in [0.15, 0.2) is 7.28 Å². The lowest BCUT2D eigenvalue weighted by Gasteiger charge is -2.42. The van der Waals surface area contributed by atoms with Crippen molar-refractivity contribution in [3.05, 3.63) is 131 Å². The largest absolute Gasteiger partial charge is 0.356 e. The van der Waals surface area contributed by atoms with Crippen molar-refractivity contribution in [3.63, 3.8) is 0 Å². The van der Waals surface area contributed by atoms with E-state index in [1.165, 1.54) is 67.8 Å². The summed E-state index contributed by atoms with van der Waals surface area (Å²) in [5, 5.41) is 6.47. The standard InChI is InChI=1S/C63H94BN2S/c1-21-47(61(15,16)35-32-45(6)7)28-26-38-64-57-53-42-54-55(63(19,20)37-36-62(54,17)18)43-56(53)67-58(57)66(51(30-24-27-44(4)5)33-34-59(10,11)12)52-31-25-29-50(41-52)65-49(22-2)40-48(39-46(8)9)60(13,14)23-3/h21-22,24-26,28-31,33,38,40-46,65H,1,23,27,32,34-37,39H2,2-20H3/b30-24-,38-26+,47-28+,48-40+,49-22+,51-33+. The van der Waals surface area contributed by atoms with Gasteiger partial charge in [-0.3, -0.25) is 0 Å². The molecule has 4 heteroatoms. The lowest BCUT2D eigenvalue weighted by Crippen LogP contribution is -2.34. The number of benzene rings is 2. The topological polar surface area (TPSA) is 15.3 Å². The molecule has 1 radical (unpaired) electrons. The van der Waals surface area contributed by atoms with E-state index in [0.29, 0.717) is 17.8 Å². The fourth-order valence-corrected chi connectivity index (χ4v) is 10.4. The maximum Gasteiger partial charge on any atom is 0.186 e. The van der Waals surface area contributed by atoms with Gasteiger partial charge in [0.25, 0.3) is 0 Å². The van der Waals surface area contributed by atoms with E-state index in [9.17, 15) is 0 Å². The van der Waals surface area contributed by atoms with Crippen LogP contribution in [-0.2, 0) is 10.8 Å². The normalized spacial score (nSPS) is 16.6. The van der Waals surface area contributed by atoms with Gasteiger partial charge in [0.05, 0.1) is 5.00 Å². The first-order chi connectivity index (χ1) is 31.1. The quantitative estimate of drug-likeness (QED) is 0.0798. The maximum absolute atomic E-state index is 4.28. The highest BCUT2D eigenvalue weighted by Crippen LogP contribution is 2.49. The van der Waals surface area contributed by atoms with Crippen LogP contribution in [0.3, 0.4) is 0 Å². The van der Waals surface area contributed by atoms with E-state index >= 15 is 0 Å². The van der Waals surface area contributed by atoms with Crippen molar-refractivity contribution in [1.82, 2.24) is 0 Å². The van der Waals surface area contributed by atoms with E-state index < -0.39 is 0 Å². The van der Waals surface area contributed by atoms with Crippen LogP contribution in [0.1, 0.15) is 194 Å². The second-order valence-electron chi connectivity index (χ2n) is 24.9. The summed E-state index contributed by atoms with van der Waals surface area (Å²) in [4.78, 5) is 2.57. The number of hydrogen-bond acceptors (Lipinski definition) is 3. The first-order valence-corrected chi connectivity index (χ1v) is 26.8. The Morgan fingerprint density at radius 1 is 0.881 bits per heavy atom. The molecule has 1 N–H and O–H groups in total. The summed E-state index contributed by atoms with van der Waals surface area (Å²) in [6, 6.07) is 14.3. The molecule has 0 aliphatic heterocycles. The lowest BCUT2D eigenvalue weighted by molar-refractivity contribution is 0.332. The predicted molar refractivity (Wildman–Crippen MR) is 306 cm³/mol. The van der Waals surface area contributed by atoms with Crippen molar-refractivity contribution in [2.24, 2.45) is 34.0 Å². The van der Waals surface area contributed by atoms with Gasteiger partial charge in [0, 0.05) is 27.5 Å². The van der Waals surface area contributed by atoms with E-state index in [4.69, 9.17) is 0 Å². The van der Waals surface area contributed by atoms with Crippen LogP contribution in [0.2, 0.25) is 0 Å². The van der Waals surface area contributed by atoms with Crippen LogP contribution in [0, 0.1) is 34.0 Å². The lowest BCUT2D eigenvalue weighted by atomic mass is 9.62. The van der Waals surface area contributed by atoms with Crippen molar-refractivity contribution in [1.29, 1.82) is 0 Å². The number of nitrogens with zero attached hydrogens (tertiary/aromatic N) is 1. The summed E-state index contributed by atoms with van der Waals surface area (Å²) in [6.07, 6.45) is 27.4. The first-order valence-electron chi connectivity index (χ1n) is 26.0. The summed E-state index contributed by atoms with van der Waals surface area (Å²) in [5.74, 6) is 4.10. The van der Waals surface area contributed by atoms with Crippen LogP contribution in [0.4, 0.5) is 16.4 Å². The highest BCUT2D eigenvalue weighted by atomic mass is 32.1. The number of rotatable bonds is 22. The maximum atomic E-state index is 4.28. The molecule has 0 saturated heterocycles. The summed E-state index contributed by atoms with van der Waals surface area (Å²) in [5.41, 5.74) is 12.1. The number of thiophene rings is 1. The molecule has 0 amide bonds. The third kappa shape index (κ3) is 15.4. The van der Waals surface area contributed by atoms with Gasteiger partial charge in [-0.15, -0.1) is 17.3 Å². The van der Waals surface area contributed by atoms with E-state index in [-0.39, 0.29) is 27.1 Å². The fourth-order valence-electron chi connectivity index (χ4n) is 9.12. The number of fused-ring (bicyclic) bond motifs is 2. The van der Waals surface area contributed by atoms with E-state index in [1.807, 2.05) is 11.3 Å². The Morgan fingerprint density at radius 3 is 2.10 bits per heavy atom. The zero-order valence-corrected chi connectivity index (χ0v) is 47.0. The van der Waals surface area contributed by atoms with Gasteiger partial charge in [0.2, 0.25) is 0 Å². The van der Waals surface area contributed by atoms with E-state index in [2.05, 4.69) is 247 Å². The van der Waals surface area contributed by atoms with Gasteiger partial charge in [-0.25, -0.2) is 0 Å². The molecule has 0 bridgehead atoms. The number of nitrogens with one attached hydrogen (secondary N) is 1. The van der Waals surface area contributed by atoms with Gasteiger partial charge in [-0.2, -0.15) is 0 Å². The molecule has 67 heavy (non-hydrogen) atoms. The van der Waals surface area contributed by atoms with Crippen molar-refractivity contribution >= 4 is 50.5 Å². The Hall–Kier alpha value is -3.76. The number of allylic oxidation sites excluding steroid dienone is 10. The monoisotopic (exact) mass is 922 g/mol. The second-order valence-corrected chi connectivity index (χ2v) is 25.9. The number of anilines is 3. The molecule has 365 valence electrons. The van der Waals surface area contributed by atoms with Crippen LogP contribution >= 0.6 is 11.3 Å². The molecule has 1 aliphatic carbocycles. The van der Waals surface area contributed by atoms with Gasteiger partial charge in [-0.1, -0.05) is 186 Å². The van der Waals surface area contributed by atoms with E-state index in [1.54, 1.807) is 0 Å². The van der Waals surface area contributed by atoms with Gasteiger partial charge in [0.1, 0.15) is 0 Å². The minimum absolute atomic E-state index is 0.0454. The average Bonchev–Trinajstić information content (AvgIpc) is 3.58. The molecule has 1 heterocycles. The first kappa shape index (κ1) is 55.8. The summed E-state index contributed by atoms with van der Waals surface area (Å²) < 4.78 is 1.34. The zero-order chi connectivity index (χ0) is 50.1. The number of hydrogen-bond donors (Lipinski definition) is 1. The Kier molecular flexibility index (Phi) is 19.4. The molecule has 2 nitrogen and oxygen atoms in total. The van der Waals surface area contributed by atoms with Crippen LogP contribution in [0.5, 0.6) is 0 Å². The second kappa shape index (κ2) is 23.2. The minimum Gasteiger partial charge on any atom is -0.356 e. The van der Waals surface area contributed by atoms with Crippen molar-refractivity contribution in [2.75, 3.05) is 10.2 Å². The average molecular weight is 922 g/mol. The van der Waals surface area contributed by atoms with Gasteiger partial charge in [-0.05, 0) is 167 Å². The molecule has 0 unspecified atom stereocenters. The van der Waals surface area contributed by atoms with Crippen LogP contribution in [0.15, 0.2) is 120 Å². The molecule has 2 aromatic carbocycles. The van der Waals surface area contributed by atoms with Crippen molar-refractivity contribution < 1.29 is 0 Å². The zero-order valence-electron chi connectivity index (χ0n) is 46.2. The van der Waals surface area contributed by atoms with Crippen molar-refractivity contribution in [2.45, 2.75) is 194 Å². The highest BCUT2D eigenvalue weighted by molar-refractivity contribution is 7.24. The highest BCUT2D eigenvalue weighted by Gasteiger charge is 2.38. The Balaban J connectivity index is 2.07. The van der Waals surface area contributed by atoms with Crippen LogP contribution in [0.25, 0.3) is 10.1 Å². The van der Waals surface area contributed by atoms with Crippen LogP contribution in [-0.4, -0.2) is 7.28 Å². The molecular weight excluding hydrogens is 828 g/mol. The SMILES string of the molecule is C=C/C(=C\C=C\[B]c1c(N(C(/C=C\CC(C)C)=C/CC(C)(C)C)c2cccc(NC(=C/C)/C=C(\CC(C)C)C(C)(C)CC)c2)sc2cc3c(cc12)C(C)(C)CCC3(C)C)C(C)(C)CCC(C)C.